The smallest absolute Gasteiger partial charge is 0.269 e. The molecule has 0 saturated heterocycles. The zero-order valence-corrected chi connectivity index (χ0v) is 19.2. The monoisotopic (exact) mass is 452 g/mol. The summed E-state index contributed by atoms with van der Waals surface area (Å²) < 4.78 is 0. The van der Waals surface area contributed by atoms with Gasteiger partial charge in [-0.2, -0.15) is 0 Å². The molecule has 33 heavy (non-hydrogen) atoms. The quantitative estimate of drug-likeness (QED) is 0.327. The molecule has 4 amide bonds. The minimum absolute atomic E-state index is 0.236. The van der Waals surface area contributed by atoms with Gasteiger partial charge in [-0.25, -0.2) is 0 Å². The van der Waals surface area contributed by atoms with Crippen molar-refractivity contribution in [3.05, 3.63) is 70.8 Å². The molecule has 2 rings (SSSR count). The minimum atomic E-state index is -0.347. The van der Waals surface area contributed by atoms with Crippen LogP contribution in [0.25, 0.3) is 0 Å². The maximum absolute atomic E-state index is 12.0. The summed E-state index contributed by atoms with van der Waals surface area (Å²) in [4.78, 5) is 47.7. The Hall–Kier alpha value is -3.68. The SMILES string of the molecule is Cc1cccc(C(=O)NNC(=O)CCCCCCCC(=O)NNC(=O)c2cccc(C)c2)c1. The van der Waals surface area contributed by atoms with Gasteiger partial charge in [0.2, 0.25) is 11.8 Å². The second kappa shape index (κ2) is 13.7. The van der Waals surface area contributed by atoms with Crippen LogP contribution >= 0.6 is 0 Å². The fraction of sp³-hybridized carbons (Fsp3) is 0.360. The van der Waals surface area contributed by atoms with Crippen molar-refractivity contribution in [2.24, 2.45) is 0 Å². The first kappa shape index (κ1) is 25.6. The van der Waals surface area contributed by atoms with Crippen molar-refractivity contribution in [3.8, 4) is 0 Å². The summed E-state index contributed by atoms with van der Waals surface area (Å²) in [6, 6.07) is 14.2. The number of unbranched alkanes of at least 4 members (excludes halogenated alkanes) is 4. The van der Waals surface area contributed by atoms with E-state index in [0.717, 1.165) is 30.4 Å². The van der Waals surface area contributed by atoms with Crippen molar-refractivity contribution < 1.29 is 19.2 Å². The number of hydrogen-bond acceptors (Lipinski definition) is 4. The van der Waals surface area contributed by atoms with Gasteiger partial charge in [-0.3, -0.25) is 40.9 Å². The van der Waals surface area contributed by atoms with Crippen LogP contribution in [0.15, 0.2) is 48.5 Å². The average Bonchev–Trinajstić information content (AvgIpc) is 2.80. The summed E-state index contributed by atoms with van der Waals surface area (Å²) in [5.74, 6) is -1.17. The Labute approximate surface area is 194 Å². The van der Waals surface area contributed by atoms with E-state index in [-0.39, 0.29) is 23.6 Å². The molecule has 0 atom stereocenters. The number of rotatable bonds is 10. The lowest BCUT2D eigenvalue weighted by atomic mass is 10.1. The van der Waals surface area contributed by atoms with Crippen LogP contribution < -0.4 is 21.7 Å². The highest BCUT2D eigenvalue weighted by Gasteiger charge is 2.08. The minimum Gasteiger partial charge on any atom is -0.273 e. The summed E-state index contributed by atoms with van der Waals surface area (Å²) in [6.07, 6.45) is 4.64. The summed E-state index contributed by atoms with van der Waals surface area (Å²) in [5.41, 5.74) is 12.6. The van der Waals surface area contributed by atoms with Crippen LogP contribution in [0, 0.1) is 13.8 Å². The maximum atomic E-state index is 12.0. The third-order valence-corrected chi connectivity index (χ3v) is 5.00. The highest BCUT2D eigenvalue weighted by molar-refractivity contribution is 5.96. The van der Waals surface area contributed by atoms with Crippen LogP contribution in [-0.2, 0) is 9.59 Å². The number of hydrazine groups is 2. The van der Waals surface area contributed by atoms with Gasteiger partial charge in [0.1, 0.15) is 0 Å². The van der Waals surface area contributed by atoms with Crippen LogP contribution in [0.4, 0.5) is 0 Å². The second-order valence-electron chi connectivity index (χ2n) is 8.01. The Morgan fingerprint density at radius 1 is 0.576 bits per heavy atom. The molecule has 4 N–H and O–H groups in total. The van der Waals surface area contributed by atoms with Crippen molar-refractivity contribution in [2.45, 2.75) is 58.8 Å². The van der Waals surface area contributed by atoms with E-state index in [0.29, 0.717) is 36.8 Å². The number of aryl methyl sites for hydroxylation is 2. The molecule has 2 aromatic rings. The Morgan fingerprint density at radius 3 is 1.36 bits per heavy atom. The van der Waals surface area contributed by atoms with E-state index in [9.17, 15) is 19.2 Å². The molecule has 8 nitrogen and oxygen atoms in total. The first-order valence-corrected chi connectivity index (χ1v) is 11.2. The molecule has 0 saturated carbocycles. The molecule has 0 aliphatic heterocycles. The molecule has 0 heterocycles. The molecule has 176 valence electrons. The van der Waals surface area contributed by atoms with Gasteiger partial charge in [0.05, 0.1) is 0 Å². The van der Waals surface area contributed by atoms with Gasteiger partial charge in [0.25, 0.3) is 11.8 Å². The molecule has 0 unspecified atom stereocenters. The molecular weight excluding hydrogens is 420 g/mol. The Bertz CT molecular complexity index is 897. The molecule has 0 aromatic heterocycles. The van der Waals surface area contributed by atoms with E-state index in [1.54, 1.807) is 36.4 Å². The predicted molar refractivity (Wildman–Crippen MR) is 126 cm³/mol. The summed E-state index contributed by atoms with van der Waals surface area (Å²) in [5, 5.41) is 0. The number of carbonyl (C=O) groups is 4. The van der Waals surface area contributed by atoms with E-state index in [1.165, 1.54) is 0 Å². The summed E-state index contributed by atoms with van der Waals surface area (Å²) >= 11 is 0. The van der Waals surface area contributed by atoms with Crippen molar-refractivity contribution >= 4 is 23.6 Å². The van der Waals surface area contributed by atoms with Crippen LogP contribution in [0.1, 0.15) is 76.8 Å². The average molecular weight is 453 g/mol. The Morgan fingerprint density at radius 2 is 0.970 bits per heavy atom. The van der Waals surface area contributed by atoms with Crippen LogP contribution in [0.5, 0.6) is 0 Å². The van der Waals surface area contributed by atoms with E-state index in [1.807, 2.05) is 26.0 Å². The van der Waals surface area contributed by atoms with Crippen molar-refractivity contribution in [1.82, 2.24) is 21.7 Å². The molecular formula is C25H32N4O4. The van der Waals surface area contributed by atoms with Crippen molar-refractivity contribution in [1.29, 1.82) is 0 Å². The molecule has 8 heteroatoms. The lowest BCUT2D eigenvalue weighted by Crippen LogP contribution is -2.41. The second-order valence-corrected chi connectivity index (χ2v) is 8.01. The fourth-order valence-electron chi connectivity index (χ4n) is 3.20. The van der Waals surface area contributed by atoms with Crippen molar-refractivity contribution in [3.63, 3.8) is 0 Å². The Kier molecular flexibility index (Phi) is 10.6. The number of benzene rings is 2. The number of hydrogen-bond donors (Lipinski definition) is 4. The predicted octanol–water partition coefficient (Wildman–Crippen LogP) is 3.26. The lowest BCUT2D eigenvalue weighted by Gasteiger charge is -2.08. The lowest BCUT2D eigenvalue weighted by molar-refractivity contribution is -0.122. The fourth-order valence-corrected chi connectivity index (χ4v) is 3.20. The van der Waals surface area contributed by atoms with E-state index in [2.05, 4.69) is 21.7 Å². The van der Waals surface area contributed by atoms with E-state index in [4.69, 9.17) is 0 Å². The Balaban J connectivity index is 1.48. The highest BCUT2D eigenvalue weighted by Crippen LogP contribution is 2.08. The first-order chi connectivity index (χ1) is 15.8. The maximum Gasteiger partial charge on any atom is 0.269 e. The zero-order valence-electron chi connectivity index (χ0n) is 19.2. The largest absolute Gasteiger partial charge is 0.273 e. The molecule has 0 aliphatic carbocycles. The number of amides is 4. The molecule has 0 radical (unpaired) electrons. The normalized spacial score (nSPS) is 10.2. The number of carbonyl (C=O) groups excluding carboxylic acids is 4. The van der Waals surface area contributed by atoms with Gasteiger partial charge in [0.15, 0.2) is 0 Å². The summed E-state index contributed by atoms with van der Waals surface area (Å²) in [6.45, 7) is 3.79. The van der Waals surface area contributed by atoms with Gasteiger partial charge < -0.3 is 0 Å². The third-order valence-electron chi connectivity index (χ3n) is 5.00. The van der Waals surface area contributed by atoms with Gasteiger partial charge in [-0.15, -0.1) is 0 Å². The zero-order chi connectivity index (χ0) is 24.1. The number of nitrogens with one attached hydrogen (secondary N) is 4. The standard InChI is InChI=1S/C25H32N4O4/c1-18-10-8-12-20(16-18)24(32)28-26-22(30)14-6-4-3-5-7-15-23(31)27-29-25(33)21-13-9-11-19(2)17-21/h8-13,16-17H,3-7,14-15H2,1-2H3,(H,26,30)(H,27,31)(H,28,32)(H,29,33). The van der Waals surface area contributed by atoms with Crippen LogP contribution in [0.3, 0.4) is 0 Å². The van der Waals surface area contributed by atoms with Gasteiger partial charge in [-0.05, 0) is 51.0 Å². The molecule has 0 fully saturated rings. The summed E-state index contributed by atoms with van der Waals surface area (Å²) in [7, 11) is 0. The first-order valence-electron chi connectivity index (χ1n) is 11.2. The molecule has 0 spiro atoms. The molecule has 2 aromatic carbocycles. The van der Waals surface area contributed by atoms with E-state index < -0.39 is 0 Å². The van der Waals surface area contributed by atoms with Gasteiger partial charge in [0, 0.05) is 24.0 Å². The third kappa shape index (κ3) is 9.99. The molecule has 0 bridgehead atoms. The van der Waals surface area contributed by atoms with Crippen LogP contribution in [-0.4, -0.2) is 23.6 Å². The van der Waals surface area contributed by atoms with Crippen molar-refractivity contribution in [2.75, 3.05) is 0 Å². The molecule has 0 aliphatic rings. The van der Waals surface area contributed by atoms with Gasteiger partial charge >= 0.3 is 0 Å². The van der Waals surface area contributed by atoms with Crippen LogP contribution in [0.2, 0.25) is 0 Å². The topological polar surface area (TPSA) is 116 Å². The highest BCUT2D eigenvalue weighted by atomic mass is 16.2. The van der Waals surface area contributed by atoms with E-state index >= 15 is 0 Å². The van der Waals surface area contributed by atoms with Gasteiger partial charge in [-0.1, -0.05) is 54.7 Å².